The van der Waals surface area contributed by atoms with Gasteiger partial charge in [0.15, 0.2) is 0 Å². The van der Waals surface area contributed by atoms with Gasteiger partial charge >= 0.3 is 0 Å². The third-order valence-corrected chi connectivity index (χ3v) is 2.70. The van der Waals surface area contributed by atoms with Crippen LogP contribution in [0.1, 0.15) is 16.7 Å². The molecule has 0 aliphatic rings. The molecule has 0 bridgehead atoms. The second kappa shape index (κ2) is 5.72. The molecule has 0 spiro atoms. The summed E-state index contributed by atoms with van der Waals surface area (Å²) in [5.41, 5.74) is 3.21. The number of rotatable bonds is 5. The second-order valence-electron chi connectivity index (χ2n) is 3.65. The van der Waals surface area contributed by atoms with Gasteiger partial charge in [-0.05, 0) is 31.0 Å². The quantitative estimate of drug-likeness (QED) is 0.776. The molecule has 0 saturated heterocycles. The van der Waals surface area contributed by atoms with Crippen LogP contribution in [0.3, 0.4) is 0 Å². The summed E-state index contributed by atoms with van der Waals surface area (Å²) >= 11 is 0. The summed E-state index contributed by atoms with van der Waals surface area (Å²) in [5.74, 6) is 6.81. The Labute approximate surface area is 96.3 Å². The van der Waals surface area contributed by atoms with E-state index in [4.69, 9.17) is 15.4 Å². The third-order valence-electron chi connectivity index (χ3n) is 2.70. The lowest BCUT2D eigenvalue weighted by Crippen LogP contribution is -2.07. The topological polar surface area (TPSA) is 53.7 Å². The molecule has 90 valence electrons. The van der Waals surface area contributed by atoms with E-state index in [9.17, 15) is 0 Å². The van der Waals surface area contributed by atoms with Crippen molar-refractivity contribution in [3.05, 3.63) is 22.8 Å². The van der Waals surface area contributed by atoms with E-state index in [1.54, 1.807) is 14.2 Å². The van der Waals surface area contributed by atoms with Gasteiger partial charge in [0.25, 0.3) is 0 Å². The van der Waals surface area contributed by atoms with Crippen molar-refractivity contribution < 1.29 is 14.3 Å². The molecule has 1 aromatic carbocycles. The van der Waals surface area contributed by atoms with Crippen LogP contribution in [0.15, 0.2) is 6.07 Å². The van der Waals surface area contributed by atoms with Gasteiger partial charge in [-0.1, -0.05) is 0 Å². The van der Waals surface area contributed by atoms with Crippen LogP contribution >= 0.6 is 0 Å². The first-order valence-corrected chi connectivity index (χ1v) is 5.18. The van der Waals surface area contributed by atoms with Crippen molar-refractivity contribution in [2.75, 3.05) is 20.8 Å². The van der Waals surface area contributed by atoms with Gasteiger partial charge in [-0.3, -0.25) is 0 Å². The van der Waals surface area contributed by atoms with Crippen LogP contribution in [0.2, 0.25) is 0 Å². The third kappa shape index (κ3) is 2.46. The Morgan fingerprint density at radius 2 is 1.88 bits per heavy atom. The van der Waals surface area contributed by atoms with E-state index in [2.05, 4.69) is 4.84 Å². The van der Waals surface area contributed by atoms with Gasteiger partial charge in [-0.2, -0.15) is 0 Å². The van der Waals surface area contributed by atoms with Crippen molar-refractivity contribution >= 4 is 0 Å². The summed E-state index contributed by atoms with van der Waals surface area (Å²) in [6.45, 7) is 4.46. The maximum Gasteiger partial charge on any atom is 0.125 e. The molecule has 4 heteroatoms. The van der Waals surface area contributed by atoms with Crippen LogP contribution in [0.4, 0.5) is 0 Å². The van der Waals surface area contributed by atoms with Gasteiger partial charge in [-0.15, -0.1) is 0 Å². The standard InChI is InChI=1S/C12H19NO3/c1-8-7-11(14-3)9(2)10(5-6-16-13)12(8)15-4/h7H,5-6,13H2,1-4H3. The van der Waals surface area contributed by atoms with Crippen molar-refractivity contribution in [2.24, 2.45) is 5.90 Å². The minimum Gasteiger partial charge on any atom is -0.496 e. The molecule has 1 aromatic rings. The normalized spacial score (nSPS) is 10.3. The first kappa shape index (κ1) is 12.8. The van der Waals surface area contributed by atoms with Crippen molar-refractivity contribution in [3.63, 3.8) is 0 Å². The first-order chi connectivity index (χ1) is 7.65. The molecule has 0 unspecified atom stereocenters. The predicted molar refractivity (Wildman–Crippen MR) is 62.9 cm³/mol. The molecular weight excluding hydrogens is 206 g/mol. The monoisotopic (exact) mass is 225 g/mol. The highest BCUT2D eigenvalue weighted by Crippen LogP contribution is 2.33. The highest BCUT2D eigenvalue weighted by molar-refractivity contribution is 5.52. The van der Waals surface area contributed by atoms with E-state index < -0.39 is 0 Å². The summed E-state index contributed by atoms with van der Waals surface area (Å²) in [6, 6.07) is 1.97. The van der Waals surface area contributed by atoms with Gasteiger partial charge in [0.05, 0.1) is 20.8 Å². The van der Waals surface area contributed by atoms with Crippen molar-refractivity contribution in [2.45, 2.75) is 20.3 Å². The fourth-order valence-corrected chi connectivity index (χ4v) is 1.89. The zero-order valence-electron chi connectivity index (χ0n) is 10.3. The fourth-order valence-electron chi connectivity index (χ4n) is 1.89. The van der Waals surface area contributed by atoms with Gasteiger partial charge in [0.1, 0.15) is 11.5 Å². The molecule has 0 saturated carbocycles. The number of nitrogens with two attached hydrogens (primary N) is 1. The fraction of sp³-hybridized carbons (Fsp3) is 0.500. The lowest BCUT2D eigenvalue weighted by Gasteiger charge is -2.17. The molecule has 0 fully saturated rings. The SMILES string of the molecule is COc1cc(C)c(OC)c(CCON)c1C. The van der Waals surface area contributed by atoms with Gasteiger partial charge < -0.3 is 14.3 Å². The van der Waals surface area contributed by atoms with E-state index in [1.807, 2.05) is 19.9 Å². The molecule has 2 N–H and O–H groups in total. The Kier molecular flexibility index (Phi) is 4.58. The van der Waals surface area contributed by atoms with Gasteiger partial charge in [0, 0.05) is 12.0 Å². The van der Waals surface area contributed by atoms with Crippen LogP contribution in [-0.4, -0.2) is 20.8 Å². The summed E-state index contributed by atoms with van der Waals surface area (Å²) in [7, 11) is 3.33. The molecule has 0 atom stereocenters. The number of hydrogen-bond acceptors (Lipinski definition) is 4. The van der Waals surface area contributed by atoms with E-state index in [0.29, 0.717) is 13.0 Å². The van der Waals surface area contributed by atoms with Crippen LogP contribution in [-0.2, 0) is 11.3 Å². The molecule has 0 aliphatic carbocycles. The average Bonchev–Trinajstić information content (AvgIpc) is 2.29. The molecule has 0 radical (unpaired) electrons. The number of hydrogen-bond donors (Lipinski definition) is 1. The Morgan fingerprint density at radius 3 is 2.38 bits per heavy atom. The second-order valence-corrected chi connectivity index (χ2v) is 3.65. The lowest BCUT2D eigenvalue weighted by atomic mass is 10.00. The van der Waals surface area contributed by atoms with Crippen molar-refractivity contribution in [1.82, 2.24) is 0 Å². The van der Waals surface area contributed by atoms with Crippen molar-refractivity contribution in [1.29, 1.82) is 0 Å². The Hall–Kier alpha value is -1.26. The van der Waals surface area contributed by atoms with Crippen LogP contribution in [0, 0.1) is 13.8 Å². The van der Waals surface area contributed by atoms with E-state index in [-0.39, 0.29) is 0 Å². The van der Waals surface area contributed by atoms with Crippen LogP contribution in [0.25, 0.3) is 0 Å². The molecule has 1 rings (SSSR count). The molecule has 0 aromatic heterocycles. The molecule has 0 amide bonds. The number of benzene rings is 1. The Bertz CT molecular complexity index is 364. The highest BCUT2D eigenvalue weighted by atomic mass is 16.6. The maximum absolute atomic E-state index is 5.40. The van der Waals surface area contributed by atoms with Gasteiger partial charge in [0.2, 0.25) is 0 Å². The first-order valence-electron chi connectivity index (χ1n) is 5.18. The largest absolute Gasteiger partial charge is 0.496 e. The minimum atomic E-state index is 0.462. The molecule has 0 aliphatic heterocycles. The molecular formula is C12H19NO3. The van der Waals surface area contributed by atoms with E-state index in [1.165, 1.54) is 0 Å². The summed E-state index contributed by atoms with van der Waals surface area (Å²) in [6.07, 6.45) is 0.712. The van der Waals surface area contributed by atoms with Crippen LogP contribution < -0.4 is 15.4 Å². The van der Waals surface area contributed by atoms with Crippen LogP contribution in [0.5, 0.6) is 11.5 Å². The number of ether oxygens (including phenoxy) is 2. The Balaban J connectivity index is 3.22. The van der Waals surface area contributed by atoms with Gasteiger partial charge in [-0.25, -0.2) is 5.90 Å². The number of aryl methyl sites for hydroxylation is 1. The average molecular weight is 225 g/mol. The van der Waals surface area contributed by atoms with E-state index >= 15 is 0 Å². The lowest BCUT2D eigenvalue weighted by molar-refractivity contribution is 0.140. The summed E-state index contributed by atoms with van der Waals surface area (Å²) < 4.78 is 10.7. The highest BCUT2D eigenvalue weighted by Gasteiger charge is 2.14. The summed E-state index contributed by atoms with van der Waals surface area (Å²) in [5, 5.41) is 0. The van der Waals surface area contributed by atoms with Crippen molar-refractivity contribution in [3.8, 4) is 11.5 Å². The molecule has 0 heterocycles. The summed E-state index contributed by atoms with van der Waals surface area (Å²) in [4.78, 5) is 4.62. The van der Waals surface area contributed by atoms with E-state index in [0.717, 1.165) is 28.2 Å². The molecule has 16 heavy (non-hydrogen) atoms. The molecule has 4 nitrogen and oxygen atoms in total. The zero-order chi connectivity index (χ0) is 12.1. The maximum atomic E-state index is 5.40. The Morgan fingerprint density at radius 1 is 1.19 bits per heavy atom. The zero-order valence-corrected chi connectivity index (χ0v) is 10.3. The number of methoxy groups -OCH3 is 2. The minimum absolute atomic E-state index is 0.462. The predicted octanol–water partition coefficient (Wildman–Crippen LogP) is 1.75. The smallest absolute Gasteiger partial charge is 0.125 e.